The molecular formula is C13H9Br2ClN2S. The van der Waals surface area contributed by atoms with Crippen LogP contribution in [0.2, 0.25) is 5.02 Å². The first kappa shape index (κ1) is 14.8. The number of rotatable bonds is 3. The normalized spacial score (nSPS) is 10.3. The van der Waals surface area contributed by atoms with Crippen LogP contribution in [0.25, 0.3) is 0 Å². The number of hydrogen-bond acceptors (Lipinski definition) is 2. The molecular weight excluding hydrogens is 411 g/mol. The topological polar surface area (TPSA) is 38.0 Å². The van der Waals surface area contributed by atoms with Crippen LogP contribution in [0.5, 0.6) is 0 Å². The Hall–Kier alpha value is -0.620. The van der Waals surface area contributed by atoms with Crippen LogP contribution in [0.1, 0.15) is 5.56 Å². The van der Waals surface area contributed by atoms with Gasteiger partial charge < -0.3 is 11.1 Å². The number of hydrogen-bond donors (Lipinski definition) is 2. The zero-order valence-corrected chi connectivity index (χ0v) is 14.3. The number of nitrogens with two attached hydrogens (primary N) is 1. The van der Waals surface area contributed by atoms with Crippen LogP contribution in [0.4, 0.5) is 11.4 Å². The Morgan fingerprint density at radius 3 is 2.26 bits per heavy atom. The van der Waals surface area contributed by atoms with Crippen molar-refractivity contribution in [3.8, 4) is 0 Å². The van der Waals surface area contributed by atoms with Crippen LogP contribution in [0.15, 0.2) is 45.3 Å². The average molecular weight is 421 g/mol. The molecule has 0 unspecified atom stereocenters. The van der Waals surface area contributed by atoms with Gasteiger partial charge >= 0.3 is 0 Å². The summed E-state index contributed by atoms with van der Waals surface area (Å²) in [5, 5.41) is 3.92. The second kappa shape index (κ2) is 6.22. The molecule has 6 heteroatoms. The summed E-state index contributed by atoms with van der Waals surface area (Å²) < 4.78 is 1.72. The summed E-state index contributed by atoms with van der Waals surface area (Å²) in [5.41, 5.74) is 8.25. The van der Waals surface area contributed by atoms with Crippen LogP contribution in [-0.4, -0.2) is 4.99 Å². The first-order valence-electron chi connectivity index (χ1n) is 5.29. The fourth-order valence-corrected chi connectivity index (χ4v) is 2.86. The van der Waals surface area contributed by atoms with E-state index in [0.717, 1.165) is 25.9 Å². The minimum absolute atomic E-state index is 0.366. The maximum absolute atomic E-state index is 6.05. The number of benzene rings is 2. The van der Waals surface area contributed by atoms with Crippen molar-refractivity contribution in [1.82, 2.24) is 0 Å². The second-order valence-electron chi connectivity index (χ2n) is 3.81. The minimum atomic E-state index is 0.366. The zero-order valence-electron chi connectivity index (χ0n) is 9.58. The quantitative estimate of drug-likeness (QED) is 0.667. The van der Waals surface area contributed by atoms with E-state index in [0.29, 0.717) is 10.0 Å². The van der Waals surface area contributed by atoms with E-state index in [9.17, 15) is 0 Å². The second-order valence-corrected chi connectivity index (χ2v) is 6.37. The van der Waals surface area contributed by atoms with Gasteiger partial charge in [-0.3, -0.25) is 0 Å². The summed E-state index contributed by atoms with van der Waals surface area (Å²) in [7, 11) is 0. The molecule has 0 aliphatic rings. The molecule has 0 bridgehead atoms. The average Bonchev–Trinajstić information content (AvgIpc) is 2.33. The van der Waals surface area contributed by atoms with Crippen molar-refractivity contribution in [1.29, 1.82) is 0 Å². The third-order valence-electron chi connectivity index (χ3n) is 2.44. The van der Waals surface area contributed by atoms with Gasteiger partial charge in [-0.15, -0.1) is 0 Å². The van der Waals surface area contributed by atoms with E-state index in [2.05, 4.69) is 37.2 Å². The van der Waals surface area contributed by atoms with E-state index in [4.69, 9.17) is 29.6 Å². The van der Waals surface area contributed by atoms with Gasteiger partial charge in [0.2, 0.25) is 0 Å². The predicted octanol–water partition coefficient (Wildman–Crippen LogP) is 5.24. The molecule has 0 aliphatic carbocycles. The molecule has 0 spiro atoms. The fourth-order valence-electron chi connectivity index (χ4n) is 1.53. The molecule has 0 amide bonds. The van der Waals surface area contributed by atoms with E-state index in [1.54, 1.807) is 0 Å². The zero-order chi connectivity index (χ0) is 14.0. The van der Waals surface area contributed by atoms with Crippen molar-refractivity contribution >= 4 is 72.0 Å². The van der Waals surface area contributed by atoms with E-state index in [-0.39, 0.29) is 0 Å². The smallest absolute Gasteiger partial charge is 0.105 e. The molecule has 2 rings (SSSR count). The molecule has 0 saturated heterocycles. The largest absolute Gasteiger partial charge is 0.389 e. The molecule has 19 heavy (non-hydrogen) atoms. The molecule has 0 aromatic heterocycles. The molecule has 0 heterocycles. The van der Waals surface area contributed by atoms with Crippen LogP contribution >= 0.6 is 55.7 Å². The SMILES string of the molecule is NC(=S)c1ccc(Nc2ccc(Br)c(Cl)c2)cc1Br. The summed E-state index contributed by atoms with van der Waals surface area (Å²) in [6, 6.07) is 11.4. The molecule has 0 radical (unpaired) electrons. The van der Waals surface area contributed by atoms with Crippen molar-refractivity contribution in [2.45, 2.75) is 0 Å². The maximum Gasteiger partial charge on any atom is 0.105 e. The Labute approximate surface area is 138 Å². The van der Waals surface area contributed by atoms with E-state index < -0.39 is 0 Å². The molecule has 0 saturated carbocycles. The van der Waals surface area contributed by atoms with Crippen LogP contribution in [0, 0.1) is 0 Å². The Morgan fingerprint density at radius 1 is 1.05 bits per heavy atom. The molecule has 3 N–H and O–H groups in total. The van der Waals surface area contributed by atoms with Gasteiger partial charge in [0.25, 0.3) is 0 Å². The minimum Gasteiger partial charge on any atom is -0.389 e. The fraction of sp³-hybridized carbons (Fsp3) is 0. The van der Waals surface area contributed by atoms with Crippen LogP contribution < -0.4 is 11.1 Å². The lowest BCUT2D eigenvalue weighted by molar-refractivity contribution is 1.50. The summed E-state index contributed by atoms with van der Waals surface area (Å²) in [4.78, 5) is 0.366. The van der Waals surface area contributed by atoms with Gasteiger partial charge in [-0.2, -0.15) is 0 Å². The van der Waals surface area contributed by atoms with Gasteiger partial charge in [0, 0.05) is 25.9 Å². The predicted molar refractivity (Wildman–Crippen MR) is 92.5 cm³/mol. The number of anilines is 2. The Bertz CT molecular complexity index is 647. The molecule has 2 nitrogen and oxygen atoms in total. The van der Waals surface area contributed by atoms with E-state index >= 15 is 0 Å². The van der Waals surface area contributed by atoms with E-state index in [1.165, 1.54) is 0 Å². The van der Waals surface area contributed by atoms with Crippen molar-refractivity contribution in [2.75, 3.05) is 5.32 Å². The third kappa shape index (κ3) is 3.69. The van der Waals surface area contributed by atoms with Gasteiger partial charge in [0.1, 0.15) is 4.99 Å². The highest BCUT2D eigenvalue weighted by Crippen LogP contribution is 2.29. The lowest BCUT2D eigenvalue weighted by Gasteiger charge is -2.10. The van der Waals surface area contributed by atoms with Crippen LogP contribution in [-0.2, 0) is 0 Å². The molecule has 0 fully saturated rings. The van der Waals surface area contributed by atoms with Gasteiger partial charge in [-0.25, -0.2) is 0 Å². The highest BCUT2D eigenvalue weighted by molar-refractivity contribution is 9.10. The first-order chi connectivity index (χ1) is 8.97. The first-order valence-corrected chi connectivity index (χ1v) is 7.66. The van der Waals surface area contributed by atoms with Crippen LogP contribution in [0.3, 0.4) is 0 Å². The molecule has 0 atom stereocenters. The molecule has 98 valence electrons. The third-order valence-corrected chi connectivity index (χ3v) is 4.55. The highest BCUT2D eigenvalue weighted by Gasteiger charge is 2.05. The summed E-state index contributed by atoms with van der Waals surface area (Å²) in [6.45, 7) is 0. The summed E-state index contributed by atoms with van der Waals surface area (Å²) >= 11 is 17.8. The van der Waals surface area contributed by atoms with Crippen molar-refractivity contribution < 1.29 is 0 Å². The Kier molecular flexibility index (Phi) is 4.84. The van der Waals surface area contributed by atoms with Gasteiger partial charge in [-0.1, -0.05) is 23.8 Å². The van der Waals surface area contributed by atoms with Gasteiger partial charge in [-0.05, 0) is 68.3 Å². The molecule has 2 aromatic carbocycles. The maximum atomic E-state index is 6.05. The lowest BCUT2D eigenvalue weighted by Crippen LogP contribution is -2.10. The molecule has 0 aliphatic heterocycles. The highest BCUT2D eigenvalue weighted by atomic mass is 79.9. The standard InChI is InChI=1S/C13H9Br2ClN2S/c14-10-4-2-8(6-12(10)16)18-7-1-3-9(13(17)19)11(15)5-7/h1-6,18H,(H2,17,19). The lowest BCUT2D eigenvalue weighted by atomic mass is 10.2. The van der Waals surface area contributed by atoms with Gasteiger partial charge in [0.05, 0.1) is 5.02 Å². The Morgan fingerprint density at radius 2 is 1.68 bits per heavy atom. The number of halogens is 3. The number of thiocarbonyl (C=S) groups is 1. The summed E-state index contributed by atoms with van der Waals surface area (Å²) in [6.07, 6.45) is 0. The number of nitrogens with one attached hydrogen (secondary N) is 1. The summed E-state index contributed by atoms with van der Waals surface area (Å²) in [5.74, 6) is 0. The van der Waals surface area contributed by atoms with Crippen molar-refractivity contribution in [2.24, 2.45) is 5.73 Å². The van der Waals surface area contributed by atoms with Gasteiger partial charge in [0.15, 0.2) is 0 Å². The van der Waals surface area contributed by atoms with E-state index in [1.807, 2.05) is 36.4 Å². The molecule has 2 aromatic rings. The monoisotopic (exact) mass is 418 g/mol. The Balaban J connectivity index is 2.26. The van der Waals surface area contributed by atoms with Crippen molar-refractivity contribution in [3.63, 3.8) is 0 Å². The van der Waals surface area contributed by atoms with Crippen molar-refractivity contribution in [3.05, 3.63) is 55.9 Å².